The fourth-order valence-electron chi connectivity index (χ4n) is 1.54. The first kappa shape index (κ1) is 12.9. The van der Waals surface area contributed by atoms with Crippen LogP contribution in [0.25, 0.3) is 0 Å². The third kappa shape index (κ3) is 3.00. The van der Waals surface area contributed by atoms with Gasteiger partial charge in [-0.3, -0.25) is 0 Å². The largest absolute Gasteiger partial charge is 0.489 e. The van der Waals surface area contributed by atoms with Gasteiger partial charge in [0.25, 0.3) is 0 Å². The molecule has 2 rings (SSSR count). The molecule has 0 aliphatic rings. The molecule has 0 aliphatic heterocycles. The third-order valence-electron chi connectivity index (χ3n) is 2.58. The van der Waals surface area contributed by atoms with E-state index in [-0.39, 0.29) is 11.6 Å². The molecule has 0 aliphatic carbocycles. The number of rotatable bonds is 4. The molecule has 18 heavy (non-hydrogen) atoms. The third-order valence-corrected chi connectivity index (χ3v) is 2.88. The summed E-state index contributed by atoms with van der Waals surface area (Å²) in [5.41, 5.74) is 6.96. The summed E-state index contributed by atoms with van der Waals surface area (Å²) >= 11 is 5.69. The zero-order valence-electron chi connectivity index (χ0n) is 9.70. The Hall–Kier alpha value is -1.58. The molecule has 0 radical (unpaired) electrons. The molecule has 0 fully saturated rings. The van der Waals surface area contributed by atoms with Crippen molar-refractivity contribution in [1.29, 1.82) is 0 Å². The molecule has 0 atom stereocenters. The molecule has 4 heteroatoms. The molecular weight excluding hydrogens is 253 g/mol. The van der Waals surface area contributed by atoms with E-state index in [1.807, 2.05) is 24.3 Å². The van der Waals surface area contributed by atoms with Gasteiger partial charge in [-0.15, -0.1) is 0 Å². The number of halogens is 2. The number of benzene rings is 2. The SMILES string of the molecule is NCc1ccc(OCc2cccc(Cl)c2F)cc1. The molecule has 2 N–H and O–H groups in total. The minimum atomic E-state index is -0.433. The number of hydrogen-bond acceptors (Lipinski definition) is 2. The van der Waals surface area contributed by atoms with Crippen LogP contribution in [0, 0.1) is 5.82 Å². The Morgan fingerprint density at radius 3 is 2.50 bits per heavy atom. The average molecular weight is 266 g/mol. The maximum Gasteiger partial charge on any atom is 0.148 e. The highest BCUT2D eigenvalue weighted by atomic mass is 35.5. The molecule has 0 amide bonds. The summed E-state index contributed by atoms with van der Waals surface area (Å²) in [6.07, 6.45) is 0. The molecule has 2 aromatic rings. The van der Waals surface area contributed by atoms with E-state index in [0.717, 1.165) is 5.56 Å². The lowest BCUT2D eigenvalue weighted by Gasteiger charge is -2.08. The maximum atomic E-state index is 13.6. The molecular formula is C14H13ClFNO. The van der Waals surface area contributed by atoms with Crippen molar-refractivity contribution in [1.82, 2.24) is 0 Å². The summed E-state index contributed by atoms with van der Waals surface area (Å²) in [5, 5.41) is 0.106. The Kier molecular flexibility index (Phi) is 4.18. The molecule has 2 nitrogen and oxygen atoms in total. The van der Waals surface area contributed by atoms with Gasteiger partial charge in [0.1, 0.15) is 18.2 Å². The minimum absolute atomic E-state index is 0.106. The fraction of sp³-hybridized carbons (Fsp3) is 0.143. The molecule has 0 unspecified atom stereocenters. The number of ether oxygens (including phenoxy) is 1. The van der Waals surface area contributed by atoms with Crippen molar-refractivity contribution in [2.24, 2.45) is 5.73 Å². The predicted molar refractivity (Wildman–Crippen MR) is 70.1 cm³/mol. The average Bonchev–Trinajstić information content (AvgIpc) is 2.41. The molecule has 0 saturated heterocycles. The fourth-order valence-corrected chi connectivity index (χ4v) is 1.74. The Morgan fingerprint density at radius 1 is 1.11 bits per heavy atom. The highest BCUT2D eigenvalue weighted by Crippen LogP contribution is 2.20. The Bertz CT molecular complexity index is 528. The first-order valence-electron chi connectivity index (χ1n) is 5.55. The van der Waals surface area contributed by atoms with Crippen LogP contribution in [0.4, 0.5) is 4.39 Å². The second-order valence-electron chi connectivity index (χ2n) is 3.85. The van der Waals surface area contributed by atoms with Gasteiger partial charge in [-0.2, -0.15) is 0 Å². The lowest BCUT2D eigenvalue weighted by atomic mass is 10.2. The van der Waals surface area contributed by atoms with Gasteiger partial charge >= 0.3 is 0 Å². The van der Waals surface area contributed by atoms with Gasteiger partial charge in [-0.1, -0.05) is 35.9 Å². The van der Waals surface area contributed by atoms with Gasteiger partial charge in [-0.05, 0) is 23.8 Å². The van der Waals surface area contributed by atoms with Crippen LogP contribution in [0.5, 0.6) is 5.75 Å². The van der Waals surface area contributed by atoms with Gasteiger partial charge in [0.05, 0.1) is 5.02 Å². The Morgan fingerprint density at radius 2 is 1.83 bits per heavy atom. The van der Waals surface area contributed by atoms with E-state index in [1.165, 1.54) is 6.07 Å². The number of hydrogen-bond donors (Lipinski definition) is 1. The summed E-state index contributed by atoms with van der Waals surface area (Å²) in [4.78, 5) is 0. The van der Waals surface area contributed by atoms with Crippen LogP contribution in [0.15, 0.2) is 42.5 Å². The van der Waals surface area contributed by atoms with Crippen LogP contribution in [0.2, 0.25) is 5.02 Å². The molecule has 0 heterocycles. The molecule has 0 aromatic heterocycles. The van der Waals surface area contributed by atoms with Crippen molar-refractivity contribution < 1.29 is 9.13 Å². The molecule has 0 saturated carbocycles. The van der Waals surface area contributed by atoms with Crippen LogP contribution in [-0.4, -0.2) is 0 Å². The monoisotopic (exact) mass is 265 g/mol. The normalized spacial score (nSPS) is 10.4. The zero-order chi connectivity index (χ0) is 13.0. The van der Waals surface area contributed by atoms with Crippen LogP contribution in [0.1, 0.15) is 11.1 Å². The van der Waals surface area contributed by atoms with Crippen molar-refractivity contribution in [3.05, 3.63) is 64.4 Å². The summed E-state index contributed by atoms with van der Waals surface area (Å²) in [5.74, 6) is 0.240. The van der Waals surface area contributed by atoms with E-state index in [9.17, 15) is 4.39 Å². The summed E-state index contributed by atoms with van der Waals surface area (Å²) < 4.78 is 19.1. The highest BCUT2D eigenvalue weighted by Gasteiger charge is 2.06. The van der Waals surface area contributed by atoms with Gasteiger partial charge in [0.15, 0.2) is 0 Å². The number of nitrogens with two attached hydrogens (primary N) is 1. The lowest BCUT2D eigenvalue weighted by molar-refractivity contribution is 0.300. The maximum absolute atomic E-state index is 13.6. The first-order valence-corrected chi connectivity index (χ1v) is 5.93. The summed E-state index contributed by atoms with van der Waals surface area (Å²) in [6, 6.07) is 12.2. The second-order valence-corrected chi connectivity index (χ2v) is 4.26. The highest BCUT2D eigenvalue weighted by molar-refractivity contribution is 6.30. The van der Waals surface area contributed by atoms with E-state index in [1.54, 1.807) is 12.1 Å². The van der Waals surface area contributed by atoms with Crippen molar-refractivity contribution in [3.63, 3.8) is 0 Å². The van der Waals surface area contributed by atoms with Gasteiger partial charge in [0.2, 0.25) is 0 Å². The molecule has 2 aromatic carbocycles. The quantitative estimate of drug-likeness (QED) is 0.918. The van der Waals surface area contributed by atoms with Crippen molar-refractivity contribution in [2.45, 2.75) is 13.2 Å². The topological polar surface area (TPSA) is 35.2 Å². The Labute approximate surface area is 110 Å². The van der Waals surface area contributed by atoms with E-state index < -0.39 is 5.82 Å². The second kappa shape index (κ2) is 5.85. The van der Waals surface area contributed by atoms with E-state index in [0.29, 0.717) is 17.9 Å². The van der Waals surface area contributed by atoms with Gasteiger partial charge in [-0.25, -0.2) is 4.39 Å². The Balaban J connectivity index is 2.04. The van der Waals surface area contributed by atoms with Crippen LogP contribution in [-0.2, 0) is 13.2 Å². The van der Waals surface area contributed by atoms with Crippen molar-refractivity contribution in [2.75, 3.05) is 0 Å². The van der Waals surface area contributed by atoms with Crippen LogP contribution >= 0.6 is 11.6 Å². The lowest BCUT2D eigenvalue weighted by Crippen LogP contribution is -2.00. The minimum Gasteiger partial charge on any atom is -0.489 e. The van der Waals surface area contributed by atoms with Crippen LogP contribution < -0.4 is 10.5 Å². The van der Waals surface area contributed by atoms with Gasteiger partial charge < -0.3 is 10.5 Å². The zero-order valence-corrected chi connectivity index (χ0v) is 10.5. The smallest absolute Gasteiger partial charge is 0.148 e. The first-order chi connectivity index (χ1) is 8.70. The van der Waals surface area contributed by atoms with E-state index in [4.69, 9.17) is 22.1 Å². The summed E-state index contributed by atoms with van der Waals surface area (Å²) in [7, 11) is 0. The molecule has 0 bridgehead atoms. The standard InChI is InChI=1S/C14H13ClFNO/c15-13-3-1-2-11(14(13)16)9-18-12-6-4-10(8-17)5-7-12/h1-7H,8-9,17H2. The molecule has 0 spiro atoms. The van der Waals surface area contributed by atoms with Crippen LogP contribution in [0.3, 0.4) is 0 Å². The van der Waals surface area contributed by atoms with Crippen molar-refractivity contribution in [3.8, 4) is 5.75 Å². The molecule has 94 valence electrons. The van der Waals surface area contributed by atoms with Crippen molar-refractivity contribution >= 4 is 11.6 Å². The predicted octanol–water partition coefficient (Wildman–Crippen LogP) is 3.52. The van der Waals surface area contributed by atoms with E-state index in [2.05, 4.69) is 0 Å². The summed E-state index contributed by atoms with van der Waals surface area (Å²) in [6.45, 7) is 0.636. The van der Waals surface area contributed by atoms with E-state index >= 15 is 0 Å². The van der Waals surface area contributed by atoms with Gasteiger partial charge in [0, 0.05) is 12.1 Å².